The van der Waals surface area contributed by atoms with Crippen LogP contribution < -0.4 is 14.8 Å². The summed E-state index contributed by atoms with van der Waals surface area (Å²) in [5.74, 6) is 0.638. The number of aromatic nitrogens is 1. The molecule has 1 amide bonds. The molecule has 2 aromatic carbocycles. The molecule has 0 bridgehead atoms. The smallest absolute Gasteiger partial charge is 0.257 e. The molecular weight excluding hydrogens is 539 g/mol. The number of carbonyl (C=O) groups excluding carboxylic acids is 1. The standard InChI is InChI=1S/C24H29N2O8PS2/c1-16(13-31-2)33-20-10-17(23(27)26-24-25-18(15-36-24)14-32-35(3,4)28)11-21(12-20)34-19-6-8-22(9-7-19)37(5,29)30/h6-12,15-16H,13-14H2,1-5H3,(H,25,26,27)/t16-/m0/s1. The van der Waals surface area contributed by atoms with E-state index in [4.69, 9.17) is 18.7 Å². The molecule has 0 aliphatic heterocycles. The number of methoxy groups -OCH3 is 1. The van der Waals surface area contributed by atoms with Gasteiger partial charge in [-0.15, -0.1) is 11.3 Å². The third-order valence-electron chi connectivity index (χ3n) is 4.66. The summed E-state index contributed by atoms with van der Waals surface area (Å²) in [6.07, 6.45) is 0.833. The van der Waals surface area contributed by atoms with Crippen LogP contribution in [0.25, 0.3) is 0 Å². The summed E-state index contributed by atoms with van der Waals surface area (Å²) in [5, 5.41) is 4.80. The zero-order valence-corrected chi connectivity index (χ0v) is 23.6. The molecular formula is C24H29N2O8PS2. The van der Waals surface area contributed by atoms with E-state index < -0.39 is 23.1 Å². The van der Waals surface area contributed by atoms with E-state index in [2.05, 4.69) is 10.3 Å². The largest absolute Gasteiger partial charge is 0.488 e. The molecule has 200 valence electrons. The third-order valence-corrected chi connectivity index (χ3v) is 7.35. The Hall–Kier alpha value is -2.76. The number of nitrogens with zero attached hydrogens (tertiary/aromatic N) is 1. The first-order valence-corrected chi connectivity index (χ1v) is 16.4. The van der Waals surface area contributed by atoms with E-state index in [0.717, 1.165) is 6.26 Å². The lowest BCUT2D eigenvalue weighted by atomic mass is 10.2. The first-order chi connectivity index (χ1) is 17.3. The van der Waals surface area contributed by atoms with Crippen LogP contribution >= 0.6 is 18.7 Å². The maximum atomic E-state index is 13.0. The molecule has 0 saturated heterocycles. The minimum absolute atomic E-state index is 0.0769. The van der Waals surface area contributed by atoms with Gasteiger partial charge in [0.2, 0.25) is 0 Å². The second-order valence-corrected chi connectivity index (χ2v) is 14.2. The van der Waals surface area contributed by atoms with Crippen LogP contribution in [0.1, 0.15) is 23.0 Å². The molecule has 37 heavy (non-hydrogen) atoms. The fourth-order valence-electron chi connectivity index (χ4n) is 3.04. The summed E-state index contributed by atoms with van der Waals surface area (Å²) in [6, 6.07) is 10.7. The molecule has 0 unspecified atom stereocenters. The van der Waals surface area contributed by atoms with Crippen LogP contribution in [-0.4, -0.2) is 58.7 Å². The molecule has 0 radical (unpaired) electrons. The van der Waals surface area contributed by atoms with E-state index >= 15 is 0 Å². The normalized spacial score (nSPS) is 12.7. The zero-order chi connectivity index (χ0) is 27.2. The number of sulfone groups is 1. The molecule has 3 rings (SSSR count). The van der Waals surface area contributed by atoms with Crippen LogP contribution in [0.3, 0.4) is 0 Å². The first kappa shape index (κ1) is 28.8. The van der Waals surface area contributed by atoms with Crippen molar-refractivity contribution in [3.63, 3.8) is 0 Å². The number of anilines is 1. The molecule has 3 aromatic rings. The lowest BCUT2D eigenvalue weighted by molar-refractivity contribution is 0.0916. The van der Waals surface area contributed by atoms with Gasteiger partial charge in [0.05, 0.1) is 23.8 Å². The van der Waals surface area contributed by atoms with Crippen LogP contribution in [0, 0.1) is 0 Å². The Morgan fingerprint density at radius 2 is 1.78 bits per heavy atom. The zero-order valence-electron chi connectivity index (χ0n) is 21.1. The van der Waals surface area contributed by atoms with Crippen LogP contribution in [0.2, 0.25) is 0 Å². The van der Waals surface area contributed by atoms with Gasteiger partial charge < -0.3 is 18.7 Å². The Bertz CT molecular complexity index is 1380. The molecule has 10 nitrogen and oxygen atoms in total. The average Bonchev–Trinajstić information content (AvgIpc) is 3.24. The number of rotatable bonds is 12. The first-order valence-electron chi connectivity index (χ1n) is 11.1. The Kier molecular flexibility index (Phi) is 9.49. The number of nitrogens with one attached hydrogen (secondary N) is 1. The third kappa shape index (κ3) is 9.24. The van der Waals surface area contributed by atoms with E-state index in [1.807, 2.05) is 6.92 Å². The Balaban J connectivity index is 1.82. The number of carbonyl (C=O) groups is 1. The van der Waals surface area contributed by atoms with Crippen molar-refractivity contribution in [3.8, 4) is 17.2 Å². The Morgan fingerprint density at radius 3 is 2.41 bits per heavy atom. The molecule has 1 heterocycles. The summed E-state index contributed by atoms with van der Waals surface area (Å²) in [4.78, 5) is 17.5. The van der Waals surface area contributed by atoms with Crippen molar-refractivity contribution < 1.29 is 36.5 Å². The summed E-state index contributed by atoms with van der Waals surface area (Å²) in [7, 11) is -4.44. The van der Waals surface area contributed by atoms with Crippen LogP contribution in [0.4, 0.5) is 5.13 Å². The van der Waals surface area contributed by atoms with Gasteiger partial charge in [-0.05, 0) is 43.3 Å². The number of ether oxygens (including phenoxy) is 3. The SMILES string of the molecule is COC[C@H](C)Oc1cc(Oc2ccc(S(C)(=O)=O)cc2)cc(C(=O)Nc2nc(COP(C)(C)=O)cs2)c1. The van der Waals surface area contributed by atoms with E-state index in [1.54, 1.807) is 24.6 Å². The number of hydrogen-bond acceptors (Lipinski definition) is 10. The van der Waals surface area contributed by atoms with Crippen LogP contribution in [0.15, 0.2) is 52.7 Å². The number of thiazole rings is 1. The minimum Gasteiger partial charge on any atom is -0.488 e. The highest BCUT2D eigenvalue weighted by atomic mass is 32.2. The summed E-state index contributed by atoms with van der Waals surface area (Å²) in [5.41, 5.74) is 0.806. The van der Waals surface area contributed by atoms with Gasteiger partial charge >= 0.3 is 0 Å². The maximum Gasteiger partial charge on any atom is 0.257 e. The lowest BCUT2D eigenvalue weighted by Crippen LogP contribution is -2.18. The van der Waals surface area contributed by atoms with E-state index in [9.17, 15) is 17.8 Å². The molecule has 0 aliphatic carbocycles. The predicted octanol–water partition coefficient (Wildman–Crippen LogP) is 5.06. The number of benzene rings is 2. The van der Waals surface area contributed by atoms with Gasteiger partial charge in [-0.2, -0.15) is 0 Å². The van der Waals surface area contributed by atoms with Gasteiger partial charge in [-0.1, -0.05) is 0 Å². The van der Waals surface area contributed by atoms with Gasteiger partial charge in [0.25, 0.3) is 5.91 Å². The fraction of sp³-hybridized carbons (Fsp3) is 0.333. The molecule has 0 spiro atoms. The Morgan fingerprint density at radius 1 is 1.11 bits per heavy atom. The van der Waals surface area contributed by atoms with Gasteiger partial charge in [0.15, 0.2) is 22.3 Å². The minimum atomic E-state index is -3.34. The summed E-state index contributed by atoms with van der Waals surface area (Å²) >= 11 is 1.21. The fourth-order valence-corrected chi connectivity index (χ4v) is 4.81. The second-order valence-electron chi connectivity index (χ2n) is 8.55. The van der Waals surface area contributed by atoms with Crippen molar-refractivity contribution in [3.05, 3.63) is 59.1 Å². The summed E-state index contributed by atoms with van der Waals surface area (Å²) < 4.78 is 57.4. The summed E-state index contributed by atoms with van der Waals surface area (Å²) in [6.45, 7) is 5.28. The molecule has 13 heteroatoms. The van der Waals surface area contributed by atoms with Gasteiger partial charge in [-0.25, -0.2) is 13.4 Å². The number of hydrogen-bond donors (Lipinski definition) is 1. The molecule has 0 aliphatic rings. The van der Waals surface area contributed by atoms with Gasteiger partial charge in [0.1, 0.15) is 23.4 Å². The molecule has 0 fully saturated rings. The van der Waals surface area contributed by atoms with Crippen molar-refractivity contribution >= 4 is 39.6 Å². The van der Waals surface area contributed by atoms with E-state index in [0.29, 0.717) is 34.7 Å². The second kappa shape index (κ2) is 12.2. The van der Waals surface area contributed by atoms with Crippen LogP contribution in [0.5, 0.6) is 17.2 Å². The number of amides is 1. The molecule has 1 aromatic heterocycles. The topological polar surface area (TPSA) is 130 Å². The van der Waals surface area contributed by atoms with Crippen molar-refractivity contribution in [2.45, 2.75) is 24.5 Å². The lowest BCUT2D eigenvalue weighted by Gasteiger charge is -2.16. The van der Waals surface area contributed by atoms with Crippen molar-refractivity contribution in [1.29, 1.82) is 0 Å². The monoisotopic (exact) mass is 568 g/mol. The highest BCUT2D eigenvalue weighted by Crippen LogP contribution is 2.38. The van der Waals surface area contributed by atoms with E-state index in [-0.39, 0.29) is 23.2 Å². The van der Waals surface area contributed by atoms with Crippen molar-refractivity contribution in [2.75, 3.05) is 38.6 Å². The molecule has 1 atom stereocenters. The molecule has 0 saturated carbocycles. The highest BCUT2D eigenvalue weighted by molar-refractivity contribution is 7.90. The van der Waals surface area contributed by atoms with Crippen molar-refractivity contribution in [2.24, 2.45) is 0 Å². The Labute approximate surface area is 220 Å². The predicted molar refractivity (Wildman–Crippen MR) is 142 cm³/mol. The molecule has 1 N–H and O–H groups in total. The van der Waals surface area contributed by atoms with E-state index in [1.165, 1.54) is 55.0 Å². The quantitative estimate of drug-likeness (QED) is 0.298. The van der Waals surface area contributed by atoms with Gasteiger partial charge in [-0.3, -0.25) is 14.7 Å². The average molecular weight is 569 g/mol. The van der Waals surface area contributed by atoms with Gasteiger partial charge in [0, 0.05) is 43.7 Å². The van der Waals surface area contributed by atoms with Crippen LogP contribution in [-0.2, 0) is 30.3 Å². The highest BCUT2D eigenvalue weighted by Gasteiger charge is 2.16. The maximum absolute atomic E-state index is 13.0. The van der Waals surface area contributed by atoms with Crippen molar-refractivity contribution in [1.82, 2.24) is 4.98 Å².